The second-order valence-electron chi connectivity index (χ2n) is 13.8. The fraction of sp³-hybridized carbons (Fsp3) is 0.0612. The van der Waals surface area contributed by atoms with Crippen molar-refractivity contribution in [2.24, 2.45) is 0 Å². The number of para-hydroxylation sites is 1. The Bertz CT molecular complexity index is 2530. The summed E-state index contributed by atoms with van der Waals surface area (Å²) in [6, 6.07) is 68.7. The van der Waals surface area contributed by atoms with Gasteiger partial charge >= 0.3 is 0 Å². The van der Waals surface area contributed by atoms with Crippen LogP contribution in [0.5, 0.6) is 11.5 Å². The summed E-state index contributed by atoms with van der Waals surface area (Å²) < 4.78 is 6.73. The summed E-state index contributed by atoms with van der Waals surface area (Å²) in [4.78, 5) is 0. The first-order chi connectivity index (χ1) is 24.7. The average Bonchev–Trinajstić information content (AvgIpc) is 3.49. The Kier molecular flexibility index (Phi) is 6.29. The lowest BCUT2D eigenvalue weighted by Crippen LogP contribution is -2.29. The Morgan fingerprint density at radius 3 is 1.70 bits per heavy atom. The summed E-state index contributed by atoms with van der Waals surface area (Å²) in [7, 11) is 0. The minimum atomic E-state index is -0.483. The van der Waals surface area contributed by atoms with Crippen LogP contribution in [0.15, 0.2) is 188 Å². The van der Waals surface area contributed by atoms with Crippen LogP contribution < -0.4 is 4.74 Å². The maximum atomic E-state index is 6.73. The summed E-state index contributed by atoms with van der Waals surface area (Å²) in [5, 5.41) is 2.54. The molecule has 1 nitrogen and oxygen atoms in total. The van der Waals surface area contributed by atoms with E-state index in [1.165, 1.54) is 66.4 Å². The summed E-state index contributed by atoms with van der Waals surface area (Å²) >= 11 is 0. The lowest BCUT2D eigenvalue weighted by Gasteiger charge is -2.38. The van der Waals surface area contributed by atoms with Crippen LogP contribution in [0.4, 0.5) is 0 Å². The van der Waals surface area contributed by atoms with E-state index in [2.05, 4.69) is 195 Å². The molecule has 10 rings (SSSR count). The van der Waals surface area contributed by atoms with Gasteiger partial charge in [0.15, 0.2) is 0 Å². The van der Waals surface area contributed by atoms with Crippen LogP contribution in [-0.2, 0) is 10.8 Å². The van der Waals surface area contributed by atoms with E-state index in [4.69, 9.17) is 4.74 Å². The molecule has 0 radical (unpaired) electrons. The van der Waals surface area contributed by atoms with Crippen LogP contribution in [0.3, 0.4) is 0 Å². The third-order valence-corrected chi connectivity index (χ3v) is 11.3. The number of rotatable bonds is 4. The Balaban J connectivity index is 1.22. The van der Waals surface area contributed by atoms with Gasteiger partial charge in [0.1, 0.15) is 11.5 Å². The van der Waals surface area contributed by atoms with Crippen molar-refractivity contribution in [3.8, 4) is 33.8 Å². The highest BCUT2D eigenvalue weighted by Gasteiger charge is 2.47. The predicted octanol–water partition coefficient (Wildman–Crippen LogP) is 12.3. The molecule has 0 fully saturated rings. The molecule has 1 aliphatic carbocycles. The zero-order valence-corrected chi connectivity index (χ0v) is 27.8. The van der Waals surface area contributed by atoms with E-state index in [0.717, 1.165) is 17.1 Å². The molecule has 0 saturated heterocycles. The zero-order valence-electron chi connectivity index (χ0n) is 27.8. The van der Waals surface area contributed by atoms with Crippen LogP contribution in [0.2, 0.25) is 0 Å². The highest BCUT2D eigenvalue weighted by atomic mass is 16.5. The number of fused-ring (bicyclic) bond motifs is 7. The molecule has 1 heteroatoms. The lowest BCUT2D eigenvalue weighted by atomic mass is 9.67. The molecular weight excluding hydrogens is 605 g/mol. The average molecular weight is 639 g/mol. The van der Waals surface area contributed by atoms with E-state index in [1.807, 2.05) is 0 Å². The van der Waals surface area contributed by atoms with Gasteiger partial charge in [-0.05, 0) is 86.0 Å². The standard InChI is InChI=1S/C49H34O/c1-48(36-16-5-2-6-17-36)41-23-13-14-24-45(41)50-46-32-35(27-29-42(46)48)34-25-28-40-44(31-34)49(37-18-7-3-8-19-37,38-20-9-4-10-21-38)43-30-26-33-15-11-12-22-39(33)47(40)43/h2-32H,1H3. The van der Waals surface area contributed by atoms with Gasteiger partial charge in [-0.15, -0.1) is 0 Å². The van der Waals surface area contributed by atoms with Crippen LogP contribution in [0.1, 0.15) is 45.9 Å². The maximum absolute atomic E-state index is 6.73. The molecule has 8 aromatic carbocycles. The molecule has 50 heavy (non-hydrogen) atoms. The van der Waals surface area contributed by atoms with Gasteiger partial charge < -0.3 is 4.74 Å². The zero-order chi connectivity index (χ0) is 33.3. The van der Waals surface area contributed by atoms with Gasteiger partial charge in [-0.25, -0.2) is 0 Å². The summed E-state index contributed by atoms with van der Waals surface area (Å²) in [5.41, 5.74) is 12.9. The first-order valence-corrected chi connectivity index (χ1v) is 17.4. The van der Waals surface area contributed by atoms with Crippen LogP contribution in [0.25, 0.3) is 33.0 Å². The van der Waals surface area contributed by atoms with Crippen molar-refractivity contribution >= 4 is 10.8 Å². The second kappa shape index (κ2) is 10.9. The first-order valence-electron chi connectivity index (χ1n) is 17.4. The molecule has 1 aliphatic heterocycles. The van der Waals surface area contributed by atoms with E-state index in [-0.39, 0.29) is 5.41 Å². The largest absolute Gasteiger partial charge is 0.457 e. The topological polar surface area (TPSA) is 9.23 Å². The number of hydrogen-bond acceptors (Lipinski definition) is 1. The Morgan fingerprint density at radius 2 is 0.960 bits per heavy atom. The van der Waals surface area contributed by atoms with E-state index < -0.39 is 5.41 Å². The van der Waals surface area contributed by atoms with Gasteiger partial charge in [-0.3, -0.25) is 0 Å². The Morgan fingerprint density at radius 1 is 0.400 bits per heavy atom. The van der Waals surface area contributed by atoms with Crippen molar-refractivity contribution in [1.82, 2.24) is 0 Å². The van der Waals surface area contributed by atoms with E-state index in [0.29, 0.717) is 0 Å². The molecule has 1 heterocycles. The SMILES string of the molecule is CC1(c2ccccc2)c2ccccc2Oc2cc(-c3ccc4c(c3)C(c3ccccc3)(c3ccccc3)c3ccc5ccccc5c3-4)ccc21. The predicted molar refractivity (Wildman–Crippen MR) is 205 cm³/mol. The van der Waals surface area contributed by atoms with Crippen molar-refractivity contribution in [1.29, 1.82) is 0 Å². The summed E-state index contributed by atoms with van der Waals surface area (Å²) in [5.74, 6) is 1.81. The third kappa shape index (κ3) is 3.95. The molecule has 8 aromatic rings. The van der Waals surface area contributed by atoms with E-state index in [1.54, 1.807) is 0 Å². The fourth-order valence-corrected chi connectivity index (χ4v) is 8.95. The van der Waals surface area contributed by atoms with Crippen LogP contribution >= 0.6 is 0 Å². The quantitative estimate of drug-likeness (QED) is 0.186. The smallest absolute Gasteiger partial charge is 0.132 e. The normalized spacial score (nSPS) is 16.5. The molecule has 1 unspecified atom stereocenters. The van der Waals surface area contributed by atoms with Gasteiger partial charge in [0.2, 0.25) is 0 Å². The maximum Gasteiger partial charge on any atom is 0.132 e. The summed E-state index contributed by atoms with van der Waals surface area (Å²) in [6.45, 7) is 2.33. The molecule has 1 atom stereocenters. The highest BCUT2D eigenvalue weighted by molar-refractivity contribution is 6.04. The second-order valence-corrected chi connectivity index (χ2v) is 13.8. The van der Waals surface area contributed by atoms with Crippen molar-refractivity contribution in [2.45, 2.75) is 17.8 Å². The van der Waals surface area contributed by atoms with E-state index >= 15 is 0 Å². The number of benzene rings is 8. The molecule has 0 aromatic heterocycles. The highest BCUT2D eigenvalue weighted by Crippen LogP contribution is 2.59. The van der Waals surface area contributed by atoms with Crippen LogP contribution in [0, 0.1) is 0 Å². The number of ether oxygens (including phenoxy) is 1. The molecule has 0 bridgehead atoms. The van der Waals surface area contributed by atoms with Gasteiger partial charge in [-0.1, -0.05) is 170 Å². The molecule has 0 N–H and O–H groups in total. The molecule has 2 aliphatic rings. The number of hydrogen-bond donors (Lipinski definition) is 0. The molecule has 0 amide bonds. The molecule has 0 saturated carbocycles. The van der Waals surface area contributed by atoms with Gasteiger partial charge in [0.25, 0.3) is 0 Å². The Labute approximate surface area is 293 Å². The van der Waals surface area contributed by atoms with Crippen molar-refractivity contribution in [3.63, 3.8) is 0 Å². The van der Waals surface area contributed by atoms with Crippen molar-refractivity contribution in [2.75, 3.05) is 0 Å². The van der Waals surface area contributed by atoms with Gasteiger partial charge in [-0.2, -0.15) is 0 Å². The van der Waals surface area contributed by atoms with Gasteiger partial charge in [0.05, 0.1) is 5.41 Å². The molecule has 0 spiro atoms. The summed E-state index contributed by atoms with van der Waals surface area (Å²) in [6.07, 6.45) is 0. The third-order valence-electron chi connectivity index (χ3n) is 11.3. The van der Waals surface area contributed by atoms with Crippen LogP contribution in [-0.4, -0.2) is 0 Å². The minimum absolute atomic E-state index is 0.347. The minimum Gasteiger partial charge on any atom is -0.457 e. The molecular formula is C49H34O. The lowest BCUT2D eigenvalue weighted by molar-refractivity contribution is 0.427. The van der Waals surface area contributed by atoms with Crippen molar-refractivity contribution in [3.05, 3.63) is 227 Å². The monoisotopic (exact) mass is 638 g/mol. The first kappa shape index (κ1) is 28.8. The molecule has 236 valence electrons. The Hall–Kier alpha value is -6.18. The van der Waals surface area contributed by atoms with Gasteiger partial charge in [0, 0.05) is 16.5 Å². The van der Waals surface area contributed by atoms with Crippen molar-refractivity contribution < 1.29 is 4.74 Å². The fourth-order valence-electron chi connectivity index (χ4n) is 8.95. The van der Waals surface area contributed by atoms with E-state index in [9.17, 15) is 0 Å².